The topological polar surface area (TPSA) is 68.2 Å². The van der Waals surface area contributed by atoms with Crippen molar-refractivity contribution >= 4 is 14.2 Å². The molecule has 198 valence electrons. The summed E-state index contributed by atoms with van der Waals surface area (Å²) in [7, 11) is -0.159. The standard InChI is InChI=1S/C29H43NO5Si/c1-21(27(31)23-11-9-8-10-12-23)30(5)28(32)24(20-26-33-17-18-34-26)19-22-13-15-25(16-14-22)35-36(6,7)29(2,3)4/h8-16,21,24,26-27,31H,17-20H2,1-7H3/t21-,24-,27+/m0/s1. The molecule has 2 aromatic carbocycles. The van der Waals surface area contributed by atoms with E-state index < -0.39 is 14.4 Å². The van der Waals surface area contributed by atoms with E-state index in [1.807, 2.05) is 61.5 Å². The number of aliphatic hydroxyl groups excluding tert-OH is 1. The van der Waals surface area contributed by atoms with Crippen LogP contribution in [0.2, 0.25) is 18.1 Å². The maximum absolute atomic E-state index is 13.7. The highest BCUT2D eigenvalue weighted by Gasteiger charge is 2.39. The first kappa shape index (κ1) is 28.4. The molecule has 36 heavy (non-hydrogen) atoms. The molecule has 2 aromatic rings. The zero-order valence-corrected chi connectivity index (χ0v) is 23.9. The van der Waals surface area contributed by atoms with Gasteiger partial charge in [-0.3, -0.25) is 4.79 Å². The summed E-state index contributed by atoms with van der Waals surface area (Å²) in [6, 6.07) is 17.2. The minimum absolute atomic E-state index is 0.0295. The summed E-state index contributed by atoms with van der Waals surface area (Å²) in [5.74, 6) is 0.501. The molecule has 0 aromatic heterocycles. The Bertz CT molecular complexity index is 967. The lowest BCUT2D eigenvalue weighted by Gasteiger charge is -2.36. The highest BCUT2D eigenvalue weighted by Crippen LogP contribution is 2.37. The molecule has 0 radical (unpaired) electrons. The van der Waals surface area contributed by atoms with Crippen molar-refractivity contribution in [1.82, 2.24) is 4.90 Å². The van der Waals surface area contributed by atoms with Crippen molar-refractivity contribution in [3.05, 3.63) is 65.7 Å². The second-order valence-corrected chi connectivity index (χ2v) is 16.1. The zero-order valence-electron chi connectivity index (χ0n) is 22.9. The molecular weight excluding hydrogens is 470 g/mol. The van der Waals surface area contributed by atoms with Crippen LogP contribution in [-0.4, -0.2) is 56.8 Å². The van der Waals surface area contributed by atoms with Gasteiger partial charge in [0.2, 0.25) is 14.2 Å². The van der Waals surface area contributed by atoms with Crippen LogP contribution in [0.1, 0.15) is 51.3 Å². The third-order valence-corrected chi connectivity index (χ3v) is 12.0. The highest BCUT2D eigenvalue weighted by atomic mass is 28.4. The number of carbonyl (C=O) groups excluding carboxylic acids is 1. The maximum atomic E-state index is 13.7. The van der Waals surface area contributed by atoms with Gasteiger partial charge in [0.1, 0.15) is 5.75 Å². The lowest BCUT2D eigenvalue weighted by atomic mass is 9.93. The van der Waals surface area contributed by atoms with Crippen molar-refractivity contribution in [3.8, 4) is 5.75 Å². The number of carbonyl (C=O) groups is 1. The molecule has 7 heteroatoms. The summed E-state index contributed by atoms with van der Waals surface area (Å²) in [5, 5.41) is 11.0. The van der Waals surface area contributed by atoms with E-state index >= 15 is 0 Å². The molecule has 1 heterocycles. The molecule has 1 amide bonds. The Kier molecular flexibility index (Phi) is 9.38. The van der Waals surface area contributed by atoms with Gasteiger partial charge in [0.15, 0.2) is 6.29 Å². The van der Waals surface area contributed by atoms with Crippen LogP contribution in [0.5, 0.6) is 5.75 Å². The Morgan fingerprint density at radius 3 is 2.22 bits per heavy atom. The van der Waals surface area contributed by atoms with E-state index in [9.17, 15) is 9.90 Å². The monoisotopic (exact) mass is 513 g/mol. The van der Waals surface area contributed by atoms with Gasteiger partial charge < -0.3 is 23.9 Å². The summed E-state index contributed by atoms with van der Waals surface area (Å²) in [6.07, 6.45) is -0.130. The molecule has 3 rings (SSSR count). The van der Waals surface area contributed by atoms with E-state index in [0.717, 1.165) is 16.9 Å². The molecule has 3 atom stereocenters. The van der Waals surface area contributed by atoms with Crippen molar-refractivity contribution in [2.75, 3.05) is 20.3 Å². The first-order chi connectivity index (χ1) is 16.9. The normalized spacial score (nSPS) is 17.4. The van der Waals surface area contributed by atoms with Crippen LogP contribution >= 0.6 is 0 Å². The van der Waals surface area contributed by atoms with Gasteiger partial charge in [0.25, 0.3) is 0 Å². The van der Waals surface area contributed by atoms with Gasteiger partial charge in [-0.15, -0.1) is 0 Å². The molecule has 0 spiro atoms. The Hall–Kier alpha value is -2.19. The molecule has 0 unspecified atom stereocenters. The molecule has 1 N–H and O–H groups in total. The van der Waals surface area contributed by atoms with Crippen molar-refractivity contribution in [2.45, 2.75) is 77.1 Å². The van der Waals surface area contributed by atoms with E-state index in [0.29, 0.717) is 26.1 Å². The first-order valence-corrected chi connectivity index (χ1v) is 15.8. The molecule has 1 fully saturated rings. The summed E-state index contributed by atoms with van der Waals surface area (Å²) in [5.41, 5.74) is 1.85. The third kappa shape index (κ3) is 7.19. The van der Waals surface area contributed by atoms with Gasteiger partial charge in [-0.25, -0.2) is 0 Å². The van der Waals surface area contributed by atoms with Crippen LogP contribution in [0, 0.1) is 5.92 Å². The van der Waals surface area contributed by atoms with Crippen molar-refractivity contribution in [3.63, 3.8) is 0 Å². The summed E-state index contributed by atoms with van der Waals surface area (Å²) in [6.45, 7) is 14.1. The van der Waals surface area contributed by atoms with Crippen LogP contribution < -0.4 is 4.43 Å². The average Bonchev–Trinajstić information content (AvgIpc) is 3.36. The molecule has 0 aliphatic carbocycles. The lowest BCUT2D eigenvalue weighted by molar-refractivity contribution is -0.142. The molecule has 1 saturated heterocycles. The Labute approximate surface area is 217 Å². The second kappa shape index (κ2) is 11.9. The Balaban J connectivity index is 1.73. The number of amides is 1. The van der Waals surface area contributed by atoms with Gasteiger partial charge in [-0.2, -0.15) is 0 Å². The van der Waals surface area contributed by atoms with Gasteiger partial charge in [0.05, 0.1) is 25.4 Å². The molecule has 0 saturated carbocycles. The number of likely N-dealkylation sites (N-methyl/N-ethyl adjacent to an activating group) is 1. The summed E-state index contributed by atoms with van der Waals surface area (Å²) >= 11 is 0. The first-order valence-electron chi connectivity index (χ1n) is 12.9. The zero-order chi connectivity index (χ0) is 26.5. The predicted molar refractivity (Wildman–Crippen MR) is 145 cm³/mol. The quantitative estimate of drug-likeness (QED) is 0.421. The van der Waals surface area contributed by atoms with Crippen molar-refractivity contribution in [2.24, 2.45) is 5.92 Å². The van der Waals surface area contributed by atoms with Crippen LogP contribution in [-0.2, 0) is 20.7 Å². The van der Waals surface area contributed by atoms with Crippen molar-refractivity contribution < 1.29 is 23.8 Å². The largest absolute Gasteiger partial charge is 0.544 e. The second-order valence-electron chi connectivity index (χ2n) is 11.4. The van der Waals surface area contributed by atoms with Crippen LogP contribution in [0.15, 0.2) is 54.6 Å². The van der Waals surface area contributed by atoms with Crippen LogP contribution in [0.4, 0.5) is 0 Å². The van der Waals surface area contributed by atoms with Crippen molar-refractivity contribution in [1.29, 1.82) is 0 Å². The van der Waals surface area contributed by atoms with Crippen LogP contribution in [0.25, 0.3) is 0 Å². The minimum Gasteiger partial charge on any atom is -0.544 e. The summed E-state index contributed by atoms with van der Waals surface area (Å²) < 4.78 is 17.8. The van der Waals surface area contributed by atoms with Gasteiger partial charge >= 0.3 is 0 Å². The number of hydrogen-bond acceptors (Lipinski definition) is 5. The van der Waals surface area contributed by atoms with Gasteiger partial charge in [0, 0.05) is 19.4 Å². The number of benzene rings is 2. The van der Waals surface area contributed by atoms with Gasteiger partial charge in [-0.1, -0.05) is 63.2 Å². The lowest BCUT2D eigenvalue weighted by Crippen LogP contribution is -2.44. The van der Waals surface area contributed by atoms with Gasteiger partial charge in [-0.05, 0) is 54.7 Å². The van der Waals surface area contributed by atoms with E-state index in [-0.39, 0.29) is 29.2 Å². The number of hydrogen-bond donors (Lipinski definition) is 1. The van der Waals surface area contributed by atoms with E-state index in [4.69, 9.17) is 13.9 Å². The molecule has 1 aliphatic rings. The SMILES string of the molecule is C[C@@H]([C@@H](O)c1ccccc1)N(C)C(=O)[C@@H](Cc1ccc(O[Si](C)(C)C(C)(C)C)cc1)CC1OCCO1. The summed E-state index contributed by atoms with van der Waals surface area (Å²) in [4.78, 5) is 15.3. The highest BCUT2D eigenvalue weighted by molar-refractivity contribution is 6.74. The number of rotatable bonds is 10. The fourth-order valence-corrected chi connectivity index (χ4v) is 5.13. The maximum Gasteiger partial charge on any atom is 0.250 e. The fraction of sp³-hybridized carbons (Fsp3) is 0.552. The van der Waals surface area contributed by atoms with E-state index in [1.165, 1.54) is 0 Å². The third-order valence-electron chi connectivity index (χ3n) is 7.66. The molecular formula is C29H43NO5Si. The smallest absolute Gasteiger partial charge is 0.250 e. The predicted octanol–water partition coefficient (Wildman–Crippen LogP) is 5.57. The number of ether oxygens (including phenoxy) is 2. The number of aliphatic hydroxyl groups is 1. The molecule has 6 nitrogen and oxygen atoms in total. The minimum atomic E-state index is -1.92. The molecule has 1 aliphatic heterocycles. The average molecular weight is 514 g/mol. The molecule has 0 bridgehead atoms. The van der Waals surface area contributed by atoms with Crippen LogP contribution in [0.3, 0.4) is 0 Å². The van der Waals surface area contributed by atoms with E-state index in [1.54, 1.807) is 11.9 Å². The fourth-order valence-electron chi connectivity index (χ4n) is 4.10. The number of nitrogens with zero attached hydrogens (tertiary/aromatic N) is 1. The Morgan fingerprint density at radius 1 is 1.08 bits per heavy atom. The Morgan fingerprint density at radius 2 is 1.67 bits per heavy atom. The van der Waals surface area contributed by atoms with E-state index in [2.05, 4.69) is 33.9 Å².